The highest BCUT2D eigenvalue weighted by Gasteiger charge is 1.85. The Morgan fingerprint density at radius 3 is 2.30 bits per heavy atom. The molecular weight excluding hydrogens is 122 g/mol. The van der Waals surface area contributed by atoms with Crippen molar-refractivity contribution in [1.29, 1.82) is 0 Å². The fraction of sp³-hybridized carbons (Fsp3) is 0.333. The van der Waals surface area contributed by atoms with Crippen LogP contribution in [0.1, 0.15) is 20.8 Å². The molecule has 10 heavy (non-hydrogen) atoms. The molecule has 0 amide bonds. The van der Waals surface area contributed by atoms with E-state index in [1.807, 2.05) is 39.0 Å². The van der Waals surface area contributed by atoms with Gasteiger partial charge in [0.25, 0.3) is 0 Å². The molecule has 0 aliphatic rings. The molecule has 56 valence electrons. The summed E-state index contributed by atoms with van der Waals surface area (Å²) in [5.74, 6) is 0. The molecule has 0 atom stereocenters. The van der Waals surface area contributed by atoms with Gasteiger partial charge in [-0.05, 0) is 26.8 Å². The molecule has 0 rings (SSSR count). The summed E-state index contributed by atoms with van der Waals surface area (Å²) in [7, 11) is 0. The number of hydrogen-bond acceptors (Lipinski definition) is 1. The van der Waals surface area contributed by atoms with Gasteiger partial charge in [-0.2, -0.15) is 0 Å². The van der Waals surface area contributed by atoms with Crippen LogP contribution >= 0.6 is 0 Å². The summed E-state index contributed by atoms with van der Waals surface area (Å²) in [5.41, 5.74) is 2.06. The van der Waals surface area contributed by atoms with E-state index in [1.165, 1.54) is 0 Å². The Morgan fingerprint density at radius 2 is 2.00 bits per heavy atom. The highest BCUT2D eigenvalue weighted by molar-refractivity contribution is 5.18. The Bertz CT molecular complexity index is 164. The van der Waals surface area contributed by atoms with Gasteiger partial charge in [0.2, 0.25) is 0 Å². The van der Waals surface area contributed by atoms with Gasteiger partial charge in [0.15, 0.2) is 0 Å². The normalized spacial score (nSPS) is 12.1. The summed E-state index contributed by atoms with van der Waals surface area (Å²) < 4.78 is 0. The van der Waals surface area contributed by atoms with E-state index < -0.39 is 0 Å². The first-order valence-corrected chi connectivity index (χ1v) is 3.42. The van der Waals surface area contributed by atoms with E-state index >= 15 is 0 Å². The van der Waals surface area contributed by atoms with Crippen LogP contribution in [0.3, 0.4) is 0 Å². The van der Waals surface area contributed by atoms with Crippen molar-refractivity contribution in [3.63, 3.8) is 0 Å². The van der Waals surface area contributed by atoms with Gasteiger partial charge in [0, 0.05) is 11.4 Å². The fourth-order valence-electron chi connectivity index (χ4n) is 0.636. The molecule has 0 saturated carbocycles. The Kier molecular flexibility index (Phi) is 4.38. The summed E-state index contributed by atoms with van der Waals surface area (Å²) in [4.78, 5) is 0. The van der Waals surface area contributed by atoms with E-state index in [2.05, 4.69) is 11.9 Å². The lowest BCUT2D eigenvalue weighted by Gasteiger charge is -2.03. The number of rotatable bonds is 3. The second-order valence-corrected chi connectivity index (χ2v) is 2.15. The van der Waals surface area contributed by atoms with Gasteiger partial charge in [-0.25, -0.2) is 0 Å². The highest BCUT2D eigenvalue weighted by atomic mass is 14.9. The van der Waals surface area contributed by atoms with Crippen molar-refractivity contribution in [2.24, 2.45) is 0 Å². The van der Waals surface area contributed by atoms with Crippen molar-refractivity contribution in [2.75, 3.05) is 0 Å². The Morgan fingerprint density at radius 1 is 1.40 bits per heavy atom. The van der Waals surface area contributed by atoms with Crippen LogP contribution in [0.5, 0.6) is 0 Å². The Labute approximate surface area is 63.1 Å². The maximum absolute atomic E-state index is 3.74. The maximum Gasteiger partial charge on any atom is 0.0334 e. The van der Waals surface area contributed by atoms with Crippen LogP contribution in [-0.4, -0.2) is 0 Å². The second-order valence-electron chi connectivity index (χ2n) is 2.15. The zero-order valence-corrected chi connectivity index (χ0v) is 6.94. The molecule has 0 aliphatic heterocycles. The van der Waals surface area contributed by atoms with Crippen molar-refractivity contribution < 1.29 is 0 Å². The zero-order valence-electron chi connectivity index (χ0n) is 6.94. The monoisotopic (exact) mass is 137 g/mol. The maximum atomic E-state index is 3.74. The molecule has 0 bridgehead atoms. The fourth-order valence-corrected chi connectivity index (χ4v) is 0.636. The summed E-state index contributed by atoms with van der Waals surface area (Å²) >= 11 is 0. The Balaban J connectivity index is 3.98. The predicted octanol–water partition coefficient (Wildman–Crippen LogP) is 2.59. The molecule has 0 fully saturated rings. The first-order valence-electron chi connectivity index (χ1n) is 3.42. The zero-order chi connectivity index (χ0) is 7.98. The van der Waals surface area contributed by atoms with Crippen LogP contribution in [0.4, 0.5) is 0 Å². The minimum atomic E-state index is 0.964. The largest absolute Gasteiger partial charge is 0.360 e. The molecule has 0 saturated heterocycles. The molecule has 0 aromatic carbocycles. The van der Waals surface area contributed by atoms with Crippen molar-refractivity contribution in [3.8, 4) is 0 Å². The van der Waals surface area contributed by atoms with Crippen molar-refractivity contribution in [3.05, 3.63) is 36.2 Å². The molecule has 1 N–H and O–H groups in total. The minimum absolute atomic E-state index is 0.964. The van der Waals surface area contributed by atoms with Crippen LogP contribution in [0.15, 0.2) is 36.2 Å². The molecule has 0 aliphatic carbocycles. The highest BCUT2D eigenvalue weighted by Crippen LogP contribution is 1.94. The molecule has 0 heterocycles. The molecule has 0 unspecified atom stereocenters. The van der Waals surface area contributed by atoms with Gasteiger partial charge < -0.3 is 5.32 Å². The summed E-state index contributed by atoms with van der Waals surface area (Å²) in [6.07, 6.45) is 6.01. The van der Waals surface area contributed by atoms with E-state index in [0.717, 1.165) is 11.4 Å². The second kappa shape index (κ2) is 4.86. The lowest BCUT2D eigenvalue weighted by atomic mass is 10.3. The average molecular weight is 137 g/mol. The van der Waals surface area contributed by atoms with Crippen molar-refractivity contribution in [2.45, 2.75) is 20.8 Å². The van der Waals surface area contributed by atoms with E-state index in [1.54, 1.807) is 0 Å². The van der Waals surface area contributed by atoms with Crippen LogP contribution in [-0.2, 0) is 0 Å². The molecule has 0 aromatic heterocycles. The average Bonchev–Trinajstić information content (AvgIpc) is 1.86. The molecule has 0 aromatic rings. The van der Waals surface area contributed by atoms with Crippen molar-refractivity contribution >= 4 is 0 Å². The smallest absolute Gasteiger partial charge is 0.0334 e. The van der Waals surface area contributed by atoms with E-state index in [9.17, 15) is 0 Å². The molecule has 1 heteroatoms. The predicted molar refractivity (Wildman–Crippen MR) is 46.5 cm³/mol. The SMILES string of the molecule is C=C(C)NC(/C=C\C)=C/C. The molecular formula is C9H15N. The number of allylic oxidation sites excluding steroid dienone is 4. The van der Waals surface area contributed by atoms with Crippen LogP contribution < -0.4 is 5.32 Å². The standard InChI is InChI=1S/C9H15N/c1-5-7-9(6-2)10-8(3)4/h5-7,10H,3H2,1-2,4H3/b7-5-,9-6+. The van der Waals surface area contributed by atoms with Gasteiger partial charge >= 0.3 is 0 Å². The Hall–Kier alpha value is -0.980. The minimum Gasteiger partial charge on any atom is -0.360 e. The topological polar surface area (TPSA) is 12.0 Å². The van der Waals surface area contributed by atoms with E-state index in [0.29, 0.717) is 0 Å². The molecule has 1 nitrogen and oxygen atoms in total. The molecule has 0 spiro atoms. The third-order valence-electron chi connectivity index (χ3n) is 1.01. The van der Waals surface area contributed by atoms with E-state index in [4.69, 9.17) is 0 Å². The molecule has 0 radical (unpaired) electrons. The van der Waals surface area contributed by atoms with Crippen LogP contribution in [0.25, 0.3) is 0 Å². The van der Waals surface area contributed by atoms with Gasteiger partial charge in [0.1, 0.15) is 0 Å². The first-order chi connectivity index (χ1) is 4.70. The third kappa shape index (κ3) is 3.96. The van der Waals surface area contributed by atoms with Gasteiger partial charge in [-0.3, -0.25) is 0 Å². The summed E-state index contributed by atoms with van der Waals surface area (Å²) in [5, 5.41) is 3.11. The third-order valence-corrected chi connectivity index (χ3v) is 1.01. The number of nitrogens with one attached hydrogen (secondary N) is 1. The quantitative estimate of drug-likeness (QED) is 0.589. The number of hydrogen-bond donors (Lipinski definition) is 1. The lowest BCUT2D eigenvalue weighted by Crippen LogP contribution is -2.06. The van der Waals surface area contributed by atoms with E-state index in [-0.39, 0.29) is 0 Å². The van der Waals surface area contributed by atoms with Gasteiger partial charge in [-0.15, -0.1) is 0 Å². The van der Waals surface area contributed by atoms with Crippen molar-refractivity contribution in [1.82, 2.24) is 5.32 Å². The van der Waals surface area contributed by atoms with Crippen LogP contribution in [0.2, 0.25) is 0 Å². The summed E-state index contributed by atoms with van der Waals surface area (Å²) in [6.45, 7) is 9.66. The lowest BCUT2D eigenvalue weighted by molar-refractivity contribution is 1.01. The van der Waals surface area contributed by atoms with Gasteiger partial charge in [0.05, 0.1) is 0 Å². The summed E-state index contributed by atoms with van der Waals surface area (Å²) in [6, 6.07) is 0. The van der Waals surface area contributed by atoms with Crippen LogP contribution in [0, 0.1) is 0 Å². The van der Waals surface area contributed by atoms with Gasteiger partial charge in [-0.1, -0.05) is 18.7 Å². The first kappa shape index (κ1) is 9.02.